The van der Waals surface area contributed by atoms with Crippen LogP contribution in [-0.2, 0) is 0 Å². The number of rotatable bonds is 4. The summed E-state index contributed by atoms with van der Waals surface area (Å²) in [6.45, 7) is 4.08. The summed E-state index contributed by atoms with van der Waals surface area (Å²) in [6.07, 6.45) is 2.98. The van der Waals surface area contributed by atoms with E-state index in [1.54, 1.807) is 0 Å². The minimum atomic E-state index is -0.136. The average molecular weight is 259 g/mol. The van der Waals surface area contributed by atoms with Crippen molar-refractivity contribution in [1.29, 1.82) is 0 Å². The Labute approximate surface area is 109 Å². The number of likely N-dealkylation sites (N-methyl/N-ethyl adjacent to an activating group) is 1. The van der Waals surface area contributed by atoms with Crippen LogP contribution >= 0.6 is 11.8 Å². The van der Waals surface area contributed by atoms with E-state index in [1.165, 1.54) is 0 Å². The van der Waals surface area contributed by atoms with Crippen LogP contribution in [0.3, 0.4) is 0 Å². The molecule has 0 aromatic rings. The molecule has 0 spiro atoms. The van der Waals surface area contributed by atoms with Gasteiger partial charge >= 0.3 is 0 Å². The Hall–Kier alpha value is 0.190. The third-order valence-electron chi connectivity index (χ3n) is 3.87. The predicted octanol–water partition coefficient (Wildman–Crippen LogP) is -0.313. The first-order valence-electron chi connectivity index (χ1n) is 6.44. The molecule has 2 aliphatic rings. The number of hydrogen-bond donors (Lipinski definition) is 2. The Morgan fingerprint density at radius 3 is 2.82 bits per heavy atom. The zero-order valence-electron chi connectivity index (χ0n) is 11.1. The van der Waals surface area contributed by atoms with E-state index >= 15 is 0 Å². The SMILES string of the molecule is CSC1CNCC1N1CC(O)CC1CN(C)C. The van der Waals surface area contributed by atoms with Crippen LogP contribution in [0.2, 0.25) is 0 Å². The second kappa shape index (κ2) is 5.89. The molecule has 5 heteroatoms. The van der Waals surface area contributed by atoms with Crippen molar-refractivity contribution in [3.05, 3.63) is 0 Å². The fourth-order valence-electron chi connectivity index (χ4n) is 3.14. The summed E-state index contributed by atoms with van der Waals surface area (Å²) in [5.74, 6) is 0. The molecule has 4 unspecified atom stereocenters. The third kappa shape index (κ3) is 3.15. The first-order chi connectivity index (χ1) is 8.11. The van der Waals surface area contributed by atoms with Gasteiger partial charge in [-0.25, -0.2) is 0 Å². The second-order valence-electron chi connectivity index (χ2n) is 5.50. The first-order valence-corrected chi connectivity index (χ1v) is 7.72. The zero-order chi connectivity index (χ0) is 12.4. The largest absolute Gasteiger partial charge is 0.392 e. The van der Waals surface area contributed by atoms with Gasteiger partial charge in [0.05, 0.1) is 6.10 Å². The number of thioether (sulfide) groups is 1. The van der Waals surface area contributed by atoms with Crippen LogP contribution in [0.1, 0.15) is 6.42 Å². The minimum absolute atomic E-state index is 0.136. The standard InChI is InChI=1S/C12H25N3OS/c1-14(2)7-9-4-10(16)8-15(9)11-5-13-6-12(11)17-3/h9-13,16H,4-8H2,1-3H3. The van der Waals surface area contributed by atoms with E-state index in [-0.39, 0.29) is 6.10 Å². The quantitative estimate of drug-likeness (QED) is 0.724. The van der Waals surface area contributed by atoms with Gasteiger partial charge < -0.3 is 15.3 Å². The van der Waals surface area contributed by atoms with E-state index < -0.39 is 0 Å². The van der Waals surface area contributed by atoms with Gasteiger partial charge in [0.2, 0.25) is 0 Å². The molecule has 4 atom stereocenters. The van der Waals surface area contributed by atoms with Crippen molar-refractivity contribution < 1.29 is 5.11 Å². The summed E-state index contributed by atoms with van der Waals surface area (Å²) < 4.78 is 0. The van der Waals surface area contributed by atoms with Gasteiger partial charge in [-0.2, -0.15) is 11.8 Å². The molecule has 0 saturated carbocycles. The van der Waals surface area contributed by atoms with Gasteiger partial charge in [0.15, 0.2) is 0 Å². The topological polar surface area (TPSA) is 38.7 Å². The van der Waals surface area contributed by atoms with Crippen LogP contribution in [0.4, 0.5) is 0 Å². The lowest BCUT2D eigenvalue weighted by atomic mass is 10.1. The van der Waals surface area contributed by atoms with E-state index in [0.717, 1.165) is 32.6 Å². The van der Waals surface area contributed by atoms with Crippen molar-refractivity contribution in [2.75, 3.05) is 46.5 Å². The number of likely N-dealkylation sites (tertiary alicyclic amines) is 1. The third-order valence-corrected chi connectivity index (χ3v) is 4.95. The highest BCUT2D eigenvalue weighted by atomic mass is 32.2. The maximum absolute atomic E-state index is 9.91. The van der Waals surface area contributed by atoms with Crippen LogP contribution < -0.4 is 5.32 Å². The Morgan fingerprint density at radius 1 is 1.41 bits per heavy atom. The van der Waals surface area contributed by atoms with Gasteiger partial charge in [0, 0.05) is 43.5 Å². The second-order valence-corrected chi connectivity index (χ2v) is 6.58. The van der Waals surface area contributed by atoms with E-state index in [2.05, 4.69) is 35.5 Å². The molecule has 2 aliphatic heterocycles. The average Bonchev–Trinajstić information content (AvgIpc) is 2.83. The highest BCUT2D eigenvalue weighted by Gasteiger charge is 2.40. The Morgan fingerprint density at radius 2 is 2.18 bits per heavy atom. The Bertz CT molecular complexity index is 252. The van der Waals surface area contributed by atoms with Crippen LogP contribution in [0, 0.1) is 0 Å². The van der Waals surface area contributed by atoms with Gasteiger partial charge in [-0.1, -0.05) is 0 Å². The normalized spacial score (nSPS) is 39.4. The van der Waals surface area contributed by atoms with Crippen LogP contribution in [0.5, 0.6) is 0 Å². The summed E-state index contributed by atoms with van der Waals surface area (Å²) in [5.41, 5.74) is 0. The number of nitrogens with one attached hydrogen (secondary N) is 1. The molecule has 0 aliphatic carbocycles. The number of nitrogens with zero attached hydrogens (tertiary/aromatic N) is 2. The summed E-state index contributed by atoms with van der Waals surface area (Å²) in [5, 5.41) is 14.1. The van der Waals surface area contributed by atoms with Gasteiger partial charge in [0.1, 0.15) is 0 Å². The smallest absolute Gasteiger partial charge is 0.0682 e. The van der Waals surface area contributed by atoms with Crippen molar-refractivity contribution in [2.45, 2.75) is 29.9 Å². The molecule has 17 heavy (non-hydrogen) atoms. The van der Waals surface area contributed by atoms with Crippen molar-refractivity contribution in [2.24, 2.45) is 0 Å². The number of aliphatic hydroxyl groups is 1. The fraction of sp³-hybridized carbons (Fsp3) is 1.00. The van der Waals surface area contributed by atoms with Crippen LogP contribution in [0.25, 0.3) is 0 Å². The van der Waals surface area contributed by atoms with Crippen molar-refractivity contribution >= 4 is 11.8 Å². The number of β-amino-alcohol motifs (C(OH)–C–C–N with tert-alkyl or cyclic N) is 1. The molecule has 100 valence electrons. The van der Waals surface area contributed by atoms with Crippen molar-refractivity contribution in [1.82, 2.24) is 15.1 Å². The van der Waals surface area contributed by atoms with Crippen LogP contribution in [-0.4, -0.2) is 84.9 Å². The molecule has 2 rings (SSSR count). The van der Waals surface area contributed by atoms with E-state index in [1.807, 2.05) is 11.8 Å². The summed E-state index contributed by atoms with van der Waals surface area (Å²) in [6, 6.07) is 1.10. The Balaban J connectivity index is 2.01. The van der Waals surface area contributed by atoms with E-state index in [4.69, 9.17) is 0 Å². The summed E-state index contributed by atoms with van der Waals surface area (Å²) >= 11 is 1.95. The molecule has 2 N–H and O–H groups in total. The molecule has 2 saturated heterocycles. The monoisotopic (exact) mass is 259 g/mol. The Kier molecular flexibility index (Phi) is 4.72. The summed E-state index contributed by atoms with van der Waals surface area (Å²) in [7, 11) is 4.23. The van der Waals surface area contributed by atoms with Gasteiger partial charge in [-0.3, -0.25) is 4.90 Å². The van der Waals surface area contributed by atoms with Crippen LogP contribution in [0.15, 0.2) is 0 Å². The highest BCUT2D eigenvalue weighted by molar-refractivity contribution is 7.99. The maximum atomic E-state index is 9.91. The zero-order valence-corrected chi connectivity index (χ0v) is 11.9. The number of hydrogen-bond acceptors (Lipinski definition) is 5. The van der Waals surface area contributed by atoms with E-state index in [9.17, 15) is 5.11 Å². The maximum Gasteiger partial charge on any atom is 0.0682 e. The minimum Gasteiger partial charge on any atom is -0.392 e. The van der Waals surface area contributed by atoms with Gasteiger partial charge in [-0.05, 0) is 26.8 Å². The van der Waals surface area contributed by atoms with Crippen molar-refractivity contribution in [3.8, 4) is 0 Å². The van der Waals surface area contributed by atoms with Gasteiger partial charge in [0.25, 0.3) is 0 Å². The van der Waals surface area contributed by atoms with E-state index in [0.29, 0.717) is 17.3 Å². The molecular formula is C12H25N3OS. The molecule has 0 radical (unpaired) electrons. The lowest BCUT2D eigenvalue weighted by molar-refractivity contribution is 0.145. The summed E-state index contributed by atoms with van der Waals surface area (Å²) in [4.78, 5) is 4.76. The molecule has 2 heterocycles. The molecule has 4 nitrogen and oxygen atoms in total. The first kappa shape index (κ1) is 13.6. The lowest BCUT2D eigenvalue weighted by Crippen LogP contribution is -2.48. The molecular weight excluding hydrogens is 234 g/mol. The highest BCUT2D eigenvalue weighted by Crippen LogP contribution is 2.28. The molecule has 0 bridgehead atoms. The van der Waals surface area contributed by atoms with Crippen molar-refractivity contribution in [3.63, 3.8) is 0 Å². The molecule has 2 fully saturated rings. The predicted molar refractivity (Wildman–Crippen MR) is 73.6 cm³/mol. The fourth-order valence-corrected chi connectivity index (χ4v) is 3.99. The molecule has 0 amide bonds. The molecule has 0 aromatic heterocycles. The lowest BCUT2D eigenvalue weighted by Gasteiger charge is -2.34. The van der Waals surface area contributed by atoms with Gasteiger partial charge in [-0.15, -0.1) is 0 Å². The number of aliphatic hydroxyl groups excluding tert-OH is 1. The molecule has 0 aromatic carbocycles.